The van der Waals surface area contributed by atoms with Crippen molar-refractivity contribution in [2.24, 2.45) is 0 Å². The van der Waals surface area contributed by atoms with Gasteiger partial charge in [-0.05, 0) is 32.5 Å². The van der Waals surface area contributed by atoms with E-state index in [1.54, 1.807) is 14.0 Å². The summed E-state index contributed by atoms with van der Waals surface area (Å²) in [6.45, 7) is 3.20. The largest absolute Gasteiger partial charge is 0.417 e. The van der Waals surface area contributed by atoms with Crippen LogP contribution in [0.25, 0.3) is 0 Å². The first-order valence-corrected chi connectivity index (χ1v) is 7.78. The molecule has 1 aromatic carbocycles. The molecule has 0 saturated heterocycles. The molecule has 0 heterocycles. The first-order chi connectivity index (χ1) is 9.16. The van der Waals surface area contributed by atoms with E-state index in [0.29, 0.717) is 6.42 Å². The van der Waals surface area contributed by atoms with Crippen molar-refractivity contribution in [2.75, 3.05) is 7.05 Å². The van der Waals surface area contributed by atoms with Crippen LogP contribution in [0.1, 0.15) is 25.8 Å². The quantitative estimate of drug-likeness (QED) is 0.910. The number of sulfone groups is 1. The first kappa shape index (κ1) is 17.0. The van der Waals surface area contributed by atoms with Gasteiger partial charge in [-0.1, -0.05) is 19.1 Å². The third-order valence-corrected chi connectivity index (χ3v) is 5.64. The minimum atomic E-state index is -4.69. The molecule has 0 fully saturated rings. The highest BCUT2D eigenvalue weighted by Crippen LogP contribution is 2.35. The Balaban J connectivity index is 3.37. The molecule has 1 N–H and O–H groups in total. The number of nitrogens with one attached hydrogen (secondary N) is 1. The molecule has 0 aromatic heterocycles. The van der Waals surface area contributed by atoms with Crippen LogP contribution >= 0.6 is 0 Å². The number of rotatable bonds is 5. The minimum absolute atomic E-state index is 0.402. The van der Waals surface area contributed by atoms with Gasteiger partial charge in [0.05, 0.1) is 15.7 Å². The maximum atomic E-state index is 12.9. The second-order valence-electron chi connectivity index (χ2n) is 4.55. The van der Waals surface area contributed by atoms with E-state index in [9.17, 15) is 21.6 Å². The van der Waals surface area contributed by atoms with Gasteiger partial charge in [-0.15, -0.1) is 0 Å². The summed E-state index contributed by atoms with van der Waals surface area (Å²) in [5.41, 5.74) is -1.11. The molecule has 0 spiro atoms. The second-order valence-corrected chi connectivity index (χ2v) is 6.82. The summed E-state index contributed by atoms with van der Waals surface area (Å²) in [6, 6.07) is 3.88. The van der Waals surface area contributed by atoms with Gasteiger partial charge in [0.25, 0.3) is 0 Å². The van der Waals surface area contributed by atoms with Crippen LogP contribution in [-0.2, 0) is 16.0 Å². The van der Waals surface area contributed by atoms with Crippen LogP contribution in [0.3, 0.4) is 0 Å². The predicted octanol–water partition coefficient (Wildman–Crippen LogP) is 2.87. The zero-order valence-corrected chi connectivity index (χ0v) is 12.3. The van der Waals surface area contributed by atoms with Gasteiger partial charge in [0, 0.05) is 6.04 Å². The first-order valence-electron chi connectivity index (χ1n) is 6.23. The molecule has 0 amide bonds. The van der Waals surface area contributed by atoms with E-state index >= 15 is 0 Å². The van der Waals surface area contributed by atoms with Gasteiger partial charge in [0.1, 0.15) is 0 Å². The third-order valence-electron chi connectivity index (χ3n) is 3.37. The van der Waals surface area contributed by atoms with Crippen molar-refractivity contribution in [1.29, 1.82) is 0 Å². The summed E-state index contributed by atoms with van der Waals surface area (Å²) < 4.78 is 63.6. The highest BCUT2D eigenvalue weighted by molar-refractivity contribution is 7.92. The van der Waals surface area contributed by atoms with Crippen LogP contribution in [0.2, 0.25) is 0 Å². The predicted molar refractivity (Wildman–Crippen MR) is 71.2 cm³/mol. The fourth-order valence-corrected chi connectivity index (χ4v) is 4.06. The molecule has 114 valence electrons. The van der Waals surface area contributed by atoms with Gasteiger partial charge in [0.2, 0.25) is 0 Å². The van der Waals surface area contributed by atoms with E-state index in [1.807, 2.05) is 0 Å². The lowest BCUT2D eigenvalue weighted by atomic mass is 10.2. The summed E-state index contributed by atoms with van der Waals surface area (Å²) in [4.78, 5) is -0.659. The molecule has 0 aliphatic rings. The molecule has 1 rings (SSSR count). The average molecular weight is 309 g/mol. The maximum Gasteiger partial charge on any atom is 0.417 e. The Morgan fingerprint density at radius 2 is 1.80 bits per heavy atom. The lowest BCUT2D eigenvalue weighted by molar-refractivity contribution is -0.139. The van der Waals surface area contributed by atoms with Gasteiger partial charge in [-0.2, -0.15) is 13.2 Å². The normalized spacial score (nSPS) is 15.9. The lowest BCUT2D eigenvalue weighted by Gasteiger charge is -2.24. The number of hydrogen-bond acceptors (Lipinski definition) is 3. The molecule has 3 nitrogen and oxygen atoms in total. The fourth-order valence-electron chi connectivity index (χ4n) is 2.14. The average Bonchev–Trinajstić information content (AvgIpc) is 2.39. The van der Waals surface area contributed by atoms with Gasteiger partial charge >= 0.3 is 6.18 Å². The molecule has 0 radical (unpaired) electrons. The van der Waals surface area contributed by atoms with E-state index in [0.717, 1.165) is 12.1 Å². The van der Waals surface area contributed by atoms with Gasteiger partial charge in [-0.3, -0.25) is 0 Å². The fraction of sp³-hybridized carbons (Fsp3) is 0.538. The molecule has 0 aliphatic heterocycles. The number of benzene rings is 1. The zero-order valence-electron chi connectivity index (χ0n) is 11.5. The van der Waals surface area contributed by atoms with E-state index in [-0.39, 0.29) is 0 Å². The van der Waals surface area contributed by atoms with Crippen molar-refractivity contribution in [2.45, 2.75) is 42.6 Å². The van der Waals surface area contributed by atoms with E-state index in [2.05, 4.69) is 5.32 Å². The van der Waals surface area contributed by atoms with Crippen LogP contribution in [0, 0.1) is 0 Å². The monoisotopic (exact) mass is 309 g/mol. The van der Waals surface area contributed by atoms with Crippen molar-refractivity contribution in [1.82, 2.24) is 5.32 Å². The van der Waals surface area contributed by atoms with Crippen molar-refractivity contribution in [3.8, 4) is 0 Å². The molecular formula is C13H18F3NO2S. The summed E-state index contributed by atoms with van der Waals surface area (Å²) >= 11 is 0. The molecule has 1 aromatic rings. The smallest absolute Gasteiger partial charge is 0.316 e. The number of hydrogen-bond donors (Lipinski definition) is 1. The zero-order chi connectivity index (χ0) is 15.6. The Bertz CT molecular complexity index is 551. The summed E-state index contributed by atoms with van der Waals surface area (Å²) in [5.74, 6) is 0. The third kappa shape index (κ3) is 3.32. The topological polar surface area (TPSA) is 46.2 Å². The summed E-state index contributed by atoms with van der Waals surface area (Å²) in [6.07, 6.45) is -4.18. The van der Waals surface area contributed by atoms with Gasteiger partial charge < -0.3 is 5.32 Å². The SMILES string of the molecule is CCC(NC)C(C)S(=O)(=O)c1ccccc1C(F)(F)F. The molecule has 0 bridgehead atoms. The highest BCUT2D eigenvalue weighted by Gasteiger charge is 2.39. The van der Waals surface area contributed by atoms with Crippen molar-refractivity contribution in [3.05, 3.63) is 29.8 Å². The standard InChI is InChI=1S/C13H18F3NO2S/c1-4-11(17-3)9(2)20(18,19)12-8-6-5-7-10(12)13(14,15)16/h5-9,11,17H,4H2,1-3H3. The van der Waals surface area contributed by atoms with Crippen molar-refractivity contribution >= 4 is 9.84 Å². The Hall–Kier alpha value is -1.08. The van der Waals surface area contributed by atoms with Crippen LogP contribution < -0.4 is 5.32 Å². The van der Waals surface area contributed by atoms with Crippen LogP contribution in [0.15, 0.2) is 29.2 Å². The summed E-state index contributed by atoms with van der Waals surface area (Å²) in [7, 11) is -2.47. The maximum absolute atomic E-state index is 12.9. The van der Waals surface area contributed by atoms with E-state index in [1.165, 1.54) is 19.1 Å². The van der Waals surface area contributed by atoms with Gasteiger partial charge in [-0.25, -0.2) is 8.42 Å². The van der Waals surface area contributed by atoms with Crippen LogP contribution in [0.4, 0.5) is 13.2 Å². The molecule has 0 saturated carbocycles. The molecular weight excluding hydrogens is 291 g/mol. The Kier molecular flexibility index (Phi) is 5.21. The van der Waals surface area contributed by atoms with Crippen LogP contribution in [-0.4, -0.2) is 26.8 Å². The van der Waals surface area contributed by atoms with Crippen molar-refractivity contribution in [3.63, 3.8) is 0 Å². The molecule has 7 heteroatoms. The van der Waals surface area contributed by atoms with Gasteiger partial charge in [0.15, 0.2) is 9.84 Å². The number of alkyl halides is 3. The van der Waals surface area contributed by atoms with Crippen molar-refractivity contribution < 1.29 is 21.6 Å². The van der Waals surface area contributed by atoms with E-state index < -0.39 is 37.8 Å². The Morgan fingerprint density at radius 3 is 2.25 bits per heavy atom. The second kappa shape index (κ2) is 6.13. The Morgan fingerprint density at radius 1 is 1.25 bits per heavy atom. The molecule has 20 heavy (non-hydrogen) atoms. The molecule has 2 atom stereocenters. The molecule has 2 unspecified atom stereocenters. The lowest BCUT2D eigenvalue weighted by Crippen LogP contribution is -2.40. The number of halogens is 3. The van der Waals surface area contributed by atoms with Crippen LogP contribution in [0.5, 0.6) is 0 Å². The Labute approximate surface area is 117 Å². The highest BCUT2D eigenvalue weighted by atomic mass is 32.2. The minimum Gasteiger partial charge on any atom is -0.316 e. The summed E-state index contributed by atoms with van der Waals surface area (Å²) in [5, 5.41) is 1.88. The molecule has 0 aliphatic carbocycles. The van der Waals surface area contributed by atoms with E-state index in [4.69, 9.17) is 0 Å².